The van der Waals surface area contributed by atoms with E-state index in [1.165, 1.54) is 0 Å². The molecule has 0 radical (unpaired) electrons. The van der Waals surface area contributed by atoms with Crippen LogP contribution in [0, 0.1) is 11.6 Å². The van der Waals surface area contributed by atoms with Gasteiger partial charge in [-0.05, 0) is 6.07 Å². The van der Waals surface area contributed by atoms with Gasteiger partial charge >= 0.3 is 0 Å². The average Bonchev–Trinajstić information content (AvgIpc) is 2.03. The molecule has 70 valence electrons. The minimum Gasteiger partial charge on any atom is -0.547 e. The van der Waals surface area contributed by atoms with Crippen molar-refractivity contribution in [3.8, 4) is 0 Å². The van der Waals surface area contributed by atoms with Gasteiger partial charge in [-0.2, -0.15) is 0 Å². The van der Waals surface area contributed by atoms with Crippen LogP contribution >= 0.6 is 0 Å². The van der Waals surface area contributed by atoms with Gasteiger partial charge in [-0.15, -0.1) is 0 Å². The van der Waals surface area contributed by atoms with E-state index in [0.717, 1.165) is 12.1 Å². The summed E-state index contributed by atoms with van der Waals surface area (Å²) in [5.41, 5.74) is -0.513. The number of benzene rings is 1. The maximum Gasteiger partial charge on any atom is 0.132 e. The average molecular weight is 187 g/mol. The van der Waals surface area contributed by atoms with Crippen LogP contribution < -0.4 is 5.11 Å². The van der Waals surface area contributed by atoms with Crippen molar-refractivity contribution in [2.24, 2.45) is 0 Å². The van der Waals surface area contributed by atoms with Crippen LogP contribution in [0.1, 0.15) is 11.7 Å². The molecule has 0 saturated carbocycles. The third kappa shape index (κ3) is 2.00. The number of aliphatic hydroxyl groups is 1. The monoisotopic (exact) mass is 187 g/mol. The highest BCUT2D eigenvalue weighted by atomic mass is 19.1. The number of hydrogen-bond donors (Lipinski definition) is 1. The zero-order valence-corrected chi connectivity index (χ0v) is 6.33. The van der Waals surface area contributed by atoms with Gasteiger partial charge in [0.25, 0.3) is 0 Å². The fourth-order valence-electron chi connectivity index (χ4n) is 0.850. The number of carbonyl (C=O) groups excluding carboxylic acids is 1. The Hall–Kier alpha value is -1.49. The molecule has 0 bridgehead atoms. The third-order valence-corrected chi connectivity index (χ3v) is 1.48. The van der Waals surface area contributed by atoms with E-state index in [-0.39, 0.29) is 0 Å². The molecule has 0 heterocycles. The van der Waals surface area contributed by atoms with Crippen LogP contribution in [0.2, 0.25) is 0 Å². The topological polar surface area (TPSA) is 60.4 Å². The van der Waals surface area contributed by atoms with Crippen LogP contribution in [0.15, 0.2) is 18.2 Å². The molecule has 1 aromatic carbocycles. The molecule has 1 atom stereocenters. The summed E-state index contributed by atoms with van der Waals surface area (Å²) in [6.45, 7) is 0. The predicted molar refractivity (Wildman–Crippen MR) is 36.3 cm³/mol. The van der Waals surface area contributed by atoms with Crippen molar-refractivity contribution >= 4 is 5.97 Å². The molecule has 1 N–H and O–H groups in total. The first-order valence-electron chi connectivity index (χ1n) is 3.36. The quantitative estimate of drug-likeness (QED) is 0.694. The molecule has 13 heavy (non-hydrogen) atoms. The van der Waals surface area contributed by atoms with Gasteiger partial charge in [0.05, 0.1) is 5.97 Å². The van der Waals surface area contributed by atoms with Gasteiger partial charge in [0.15, 0.2) is 0 Å². The van der Waals surface area contributed by atoms with E-state index in [9.17, 15) is 18.7 Å². The van der Waals surface area contributed by atoms with Gasteiger partial charge in [0.1, 0.15) is 17.7 Å². The first-order chi connectivity index (χ1) is 6.02. The second-order valence-corrected chi connectivity index (χ2v) is 2.39. The normalized spacial score (nSPS) is 12.5. The van der Waals surface area contributed by atoms with Crippen LogP contribution in [0.25, 0.3) is 0 Å². The lowest BCUT2D eigenvalue weighted by Gasteiger charge is -2.12. The second-order valence-electron chi connectivity index (χ2n) is 2.39. The standard InChI is InChI=1S/C8H6F2O3/c9-4-1-2-5(6(10)3-4)7(11)8(12)13/h1-3,7,11H,(H,12,13)/p-1/t7-/m1/s1. The third-order valence-electron chi connectivity index (χ3n) is 1.48. The van der Waals surface area contributed by atoms with Crippen molar-refractivity contribution in [3.05, 3.63) is 35.4 Å². The number of rotatable bonds is 2. The summed E-state index contributed by atoms with van der Waals surface area (Å²) in [5, 5.41) is 19.0. The lowest BCUT2D eigenvalue weighted by Crippen LogP contribution is -2.30. The van der Waals surface area contributed by atoms with Crippen molar-refractivity contribution in [2.45, 2.75) is 6.10 Å². The molecule has 0 aliphatic rings. The number of hydrogen-bond acceptors (Lipinski definition) is 3. The Balaban J connectivity index is 3.08. The van der Waals surface area contributed by atoms with Crippen LogP contribution in [0.3, 0.4) is 0 Å². The summed E-state index contributed by atoms with van der Waals surface area (Å²) in [6, 6.07) is 2.19. The SMILES string of the molecule is O=C([O-])[C@H](O)c1ccc(F)cc1F. The van der Waals surface area contributed by atoms with Crippen LogP contribution in [0.4, 0.5) is 8.78 Å². The van der Waals surface area contributed by atoms with E-state index in [2.05, 4.69) is 0 Å². The predicted octanol–water partition coefficient (Wildman–Crippen LogP) is -0.252. The van der Waals surface area contributed by atoms with E-state index < -0.39 is 29.3 Å². The Bertz CT molecular complexity index is 338. The number of carbonyl (C=O) groups is 1. The lowest BCUT2D eigenvalue weighted by molar-refractivity contribution is -0.315. The van der Waals surface area contributed by atoms with Crippen molar-refractivity contribution in [1.82, 2.24) is 0 Å². The molecule has 0 fully saturated rings. The molecule has 0 aliphatic carbocycles. The first kappa shape index (κ1) is 9.60. The smallest absolute Gasteiger partial charge is 0.132 e. The number of carboxylic acid groups (broad SMARTS) is 1. The number of aliphatic hydroxyl groups excluding tert-OH is 1. The Morgan fingerprint density at radius 2 is 2.08 bits per heavy atom. The van der Waals surface area contributed by atoms with Gasteiger partial charge in [-0.3, -0.25) is 0 Å². The van der Waals surface area contributed by atoms with Crippen molar-refractivity contribution in [1.29, 1.82) is 0 Å². The van der Waals surface area contributed by atoms with Gasteiger partial charge in [-0.25, -0.2) is 8.78 Å². The van der Waals surface area contributed by atoms with E-state index >= 15 is 0 Å². The molecule has 1 aromatic rings. The Morgan fingerprint density at radius 3 is 2.54 bits per heavy atom. The lowest BCUT2D eigenvalue weighted by atomic mass is 10.1. The van der Waals surface area contributed by atoms with Crippen LogP contribution in [-0.2, 0) is 4.79 Å². The maximum atomic E-state index is 12.8. The minimum atomic E-state index is -2.07. The summed E-state index contributed by atoms with van der Waals surface area (Å²) in [6.07, 6.45) is -2.07. The van der Waals surface area contributed by atoms with Crippen molar-refractivity contribution in [2.75, 3.05) is 0 Å². The molecule has 1 rings (SSSR count). The molecule has 0 spiro atoms. The molecule has 0 saturated heterocycles. The number of carboxylic acids is 1. The van der Waals surface area contributed by atoms with E-state index in [4.69, 9.17) is 5.11 Å². The van der Waals surface area contributed by atoms with Gasteiger partial charge in [-0.1, -0.05) is 6.07 Å². The Morgan fingerprint density at radius 1 is 1.46 bits per heavy atom. The molecular formula is C8H5F2O3-. The molecule has 3 nitrogen and oxygen atoms in total. The zero-order valence-electron chi connectivity index (χ0n) is 6.33. The highest BCUT2D eigenvalue weighted by Gasteiger charge is 2.13. The molecular weight excluding hydrogens is 182 g/mol. The van der Waals surface area contributed by atoms with Gasteiger partial charge < -0.3 is 15.0 Å². The summed E-state index contributed by atoms with van der Waals surface area (Å²) in [7, 11) is 0. The van der Waals surface area contributed by atoms with E-state index in [0.29, 0.717) is 6.07 Å². The largest absolute Gasteiger partial charge is 0.547 e. The summed E-state index contributed by atoms with van der Waals surface area (Å²) in [4.78, 5) is 10.1. The van der Waals surface area contributed by atoms with Gasteiger partial charge in [0.2, 0.25) is 0 Å². The number of aliphatic carboxylic acids is 1. The molecule has 5 heteroatoms. The van der Waals surface area contributed by atoms with Gasteiger partial charge in [0, 0.05) is 11.6 Å². The molecule has 0 aromatic heterocycles. The van der Waals surface area contributed by atoms with Crippen LogP contribution in [-0.4, -0.2) is 11.1 Å². The highest BCUT2D eigenvalue weighted by molar-refractivity contribution is 5.71. The first-order valence-corrected chi connectivity index (χ1v) is 3.36. The fourth-order valence-corrected chi connectivity index (χ4v) is 0.850. The molecule has 0 amide bonds. The summed E-state index contributed by atoms with van der Waals surface area (Å²) >= 11 is 0. The van der Waals surface area contributed by atoms with E-state index in [1.807, 2.05) is 0 Å². The van der Waals surface area contributed by atoms with Crippen molar-refractivity contribution in [3.63, 3.8) is 0 Å². The molecule has 0 unspecified atom stereocenters. The number of halogens is 2. The maximum absolute atomic E-state index is 12.8. The molecule has 0 aliphatic heterocycles. The summed E-state index contributed by atoms with van der Waals surface area (Å²) in [5.74, 6) is -3.78. The highest BCUT2D eigenvalue weighted by Crippen LogP contribution is 2.17. The minimum absolute atomic E-state index is 0.488. The van der Waals surface area contributed by atoms with Crippen LogP contribution in [0.5, 0.6) is 0 Å². The second kappa shape index (κ2) is 3.49. The zero-order chi connectivity index (χ0) is 10.0. The Kier molecular flexibility index (Phi) is 2.57. The fraction of sp³-hybridized carbons (Fsp3) is 0.125. The van der Waals surface area contributed by atoms with Crippen molar-refractivity contribution < 1.29 is 23.8 Å². The Labute approximate surface area is 72.2 Å². The summed E-state index contributed by atoms with van der Waals surface area (Å²) < 4.78 is 25.1. The van der Waals surface area contributed by atoms with E-state index in [1.54, 1.807) is 0 Å².